The van der Waals surface area contributed by atoms with Crippen molar-refractivity contribution in [3.8, 4) is 28.5 Å². The maximum absolute atomic E-state index is 13.3. The molecule has 1 aliphatic carbocycles. The fraction of sp³-hybridized carbons (Fsp3) is 0.308. The summed E-state index contributed by atoms with van der Waals surface area (Å²) in [6, 6.07) is 11.9. The topological polar surface area (TPSA) is 73.4 Å². The van der Waals surface area contributed by atoms with Crippen LogP contribution >= 0.6 is 0 Å². The van der Waals surface area contributed by atoms with Gasteiger partial charge in [-0.05, 0) is 30.0 Å². The minimum atomic E-state index is -0.135. The highest BCUT2D eigenvalue weighted by Gasteiger charge is 2.35. The number of aromatic nitrogens is 2. The van der Waals surface area contributed by atoms with Crippen molar-refractivity contribution in [2.24, 2.45) is 5.41 Å². The van der Waals surface area contributed by atoms with E-state index in [4.69, 9.17) is 19.2 Å². The number of aromatic amines is 1. The zero-order valence-corrected chi connectivity index (χ0v) is 19.0. The second-order valence-electron chi connectivity index (χ2n) is 9.06. The number of hydrogen-bond acceptors (Lipinski definition) is 5. The summed E-state index contributed by atoms with van der Waals surface area (Å²) in [6.45, 7) is 4.24. The van der Waals surface area contributed by atoms with Crippen LogP contribution in [0.5, 0.6) is 17.2 Å². The lowest BCUT2D eigenvalue weighted by atomic mass is 9.74. The first kappa shape index (κ1) is 20.4. The van der Waals surface area contributed by atoms with Crippen LogP contribution in [-0.4, -0.2) is 37.1 Å². The Hall–Kier alpha value is -3.54. The maximum Gasteiger partial charge on any atom is 0.203 e. The molecule has 6 nitrogen and oxygen atoms in total. The van der Waals surface area contributed by atoms with Crippen LogP contribution in [0.4, 0.5) is 0 Å². The summed E-state index contributed by atoms with van der Waals surface area (Å²) in [5.41, 5.74) is 4.86. The number of carbonyl (C=O) groups excluding carboxylic acids is 1. The Balaban J connectivity index is 1.90. The standard InChI is InChI=1S/C26H26N2O4/c1-26(2)12-17-22(18(29)13-26)21-15-8-6-7-9-16(15)27-24(21)23(28-17)14-10-19(30-3)25(32-5)20(11-14)31-4/h6-11,27H,12-13H2,1-5H3. The monoisotopic (exact) mass is 430 g/mol. The Bertz CT molecular complexity index is 1360. The highest BCUT2D eigenvalue weighted by Crippen LogP contribution is 2.45. The van der Waals surface area contributed by atoms with Gasteiger partial charge < -0.3 is 19.2 Å². The molecule has 0 saturated heterocycles. The van der Waals surface area contributed by atoms with Crippen molar-refractivity contribution < 1.29 is 19.0 Å². The van der Waals surface area contributed by atoms with Gasteiger partial charge in [-0.2, -0.15) is 0 Å². The van der Waals surface area contributed by atoms with Gasteiger partial charge in [-0.25, -0.2) is 4.98 Å². The number of para-hydroxylation sites is 1. The number of rotatable bonds is 4. The molecule has 0 radical (unpaired) electrons. The van der Waals surface area contributed by atoms with Crippen molar-refractivity contribution in [3.63, 3.8) is 0 Å². The fourth-order valence-corrected chi connectivity index (χ4v) is 4.86. The first-order valence-electron chi connectivity index (χ1n) is 10.6. The zero-order valence-electron chi connectivity index (χ0n) is 19.0. The number of Topliss-reactive ketones (excluding diaryl/α,β-unsaturated/α-hetero) is 1. The lowest BCUT2D eigenvalue weighted by Gasteiger charge is -2.30. The third-order valence-electron chi connectivity index (χ3n) is 6.23. The number of methoxy groups -OCH3 is 3. The molecule has 0 spiro atoms. The van der Waals surface area contributed by atoms with Gasteiger partial charge in [0.1, 0.15) is 0 Å². The third kappa shape index (κ3) is 3.01. The Kier molecular flexibility index (Phi) is 4.62. The highest BCUT2D eigenvalue weighted by atomic mass is 16.5. The SMILES string of the molecule is COc1cc(-c2nc3c(c4c2[nH]c2ccccc24)C(=O)CC(C)(C)C3)cc(OC)c1OC. The summed E-state index contributed by atoms with van der Waals surface area (Å²) in [5.74, 6) is 1.79. The summed E-state index contributed by atoms with van der Waals surface area (Å²) in [5, 5.41) is 1.97. The molecular weight excluding hydrogens is 404 g/mol. The molecule has 0 aliphatic heterocycles. The van der Waals surface area contributed by atoms with E-state index in [0.717, 1.165) is 50.7 Å². The average molecular weight is 431 g/mol. The van der Waals surface area contributed by atoms with Crippen LogP contribution in [0.2, 0.25) is 0 Å². The Morgan fingerprint density at radius 1 is 0.969 bits per heavy atom. The second kappa shape index (κ2) is 7.26. The Morgan fingerprint density at radius 2 is 1.66 bits per heavy atom. The number of ether oxygens (including phenoxy) is 3. The van der Waals surface area contributed by atoms with Gasteiger partial charge in [-0.15, -0.1) is 0 Å². The van der Waals surface area contributed by atoms with E-state index in [0.29, 0.717) is 23.7 Å². The molecule has 1 aliphatic rings. The van der Waals surface area contributed by atoms with Gasteiger partial charge in [0, 0.05) is 33.8 Å². The minimum Gasteiger partial charge on any atom is -0.493 e. The van der Waals surface area contributed by atoms with Crippen LogP contribution in [0.25, 0.3) is 33.1 Å². The largest absolute Gasteiger partial charge is 0.493 e. The van der Waals surface area contributed by atoms with Crippen molar-refractivity contribution in [1.82, 2.24) is 9.97 Å². The molecule has 6 heteroatoms. The first-order chi connectivity index (χ1) is 15.4. The van der Waals surface area contributed by atoms with Gasteiger partial charge in [0.2, 0.25) is 5.75 Å². The molecule has 0 saturated carbocycles. The smallest absolute Gasteiger partial charge is 0.203 e. The predicted molar refractivity (Wildman–Crippen MR) is 125 cm³/mol. The van der Waals surface area contributed by atoms with E-state index in [2.05, 4.69) is 24.9 Å². The number of hydrogen-bond donors (Lipinski definition) is 1. The summed E-state index contributed by atoms with van der Waals surface area (Å²) in [6.07, 6.45) is 1.25. The van der Waals surface area contributed by atoms with E-state index < -0.39 is 0 Å². The van der Waals surface area contributed by atoms with Gasteiger partial charge in [0.05, 0.1) is 38.2 Å². The highest BCUT2D eigenvalue weighted by molar-refractivity contribution is 6.21. The fourth-order valence-electron chi connectivity index (χ4n) is 4.86. The van der Waals surface area contributed by atoms with Gasteiger partial charge in [-0.3, -0.25) is 4.79 Å². The number of pyridine rings is 1. The van der Waals surface area contributed by atoms with Crippen LogP contribution in [0.15, 0.2) is 36.4 Å². The second-order valence-corrected chi connectivity index (χ2v) is 9.06. The number of H-pyrrole nitrogens is 1. The summed E-state index contributed by atoms with van der Waals surface area (Å²) in [7, 11) is 4.78. The maximum atomic E-state index is 13.3. The van der Waals surface area contributed by atoms with E-state index in [1.807, 2.05) is 30.3 Å². The Morgan fingerprint density at radius 3 is 2.31 bits per heavy atom. The molecule has 164 valence electrons. The molecular formula is C26H26N2O4. The van der Waals surface area contributed by atoms with E-state index in [9.17, 15) is 4.79 Å². The normalized spacial score (nSPS) is 15.1. The molecule has 2 heterocycles. The summed E-state index contributed by atoms with van der Waals surface area (Å²) >= 11 is 0. The summed E-state index contributed by atoms with van der Waals surface area (Å²) in [4.78, 5) is 21.8. The van der Waals surface area contributed by atoms with Crippen LogP contribution in [-0.2, 0) is 6.42 Å². The minimum absolute atomic E-state index is 0.135. The van der Waals surface area contributed by atoms with Gasteiger partial charge >= 0.3 is 0 Å². The zero-order chi connectivity index (χ0) is 22.6. The molecule has 2 aromatic heterocycles. The molecule has 0 amide bonds. The van der Waals surface area contributed by atoms with Crippen LogP contribution in [0.1, 0.15) is 36.3 Å². The molecule has 0 atom stereocenters. The van der Waals surface area contributed by atoms with E-state index >= 15 is 0 Å². The quantitative estimate of drug-likeness (QED) is 0.459. The van der Waals surface area contributed by atoms with Gasteiger partial charge in [0.25, 0.3) is 0 Å². The van der Waals surface area contributed by atoms with Crippen molar-refractivity contribution in [1.29, 1.82) is 0 Å². The number of fused-ring (bicyclic) bond motifs is 5. The Labute approximate surface area is 186 Å². The van der Waals surface area contributed by atoms with Crippen LogP contribution in [0, 0.1) is 5.41 Å². The van der Waals surface area contributed by atoms with Crippen LogP contribution in [0.3, 0.4) is 0 Å². The number of ketones is 1. The lowest BCUT2D eigenvalue weighted by Crippen LogP contribution is -2.28. The van der Waals surface area contributed by atoms with Gasteiger partial charge in [-0.1, -0.05) is 32.0 Å². The van der Waals surface area contributed by atoms with E-state index in [1.165, 1.54) is 0 Å². The van der Waals surface area contributed by atoms with Crippen molar-refractivity contribution in [2.75, 3.05) is 21.3 Å². The molecule has 2 aromatic carbocycles. The van der Waals surface area contributed by atoms with E-state index in [-0.39, 0.29) is 11.2 Å². The van der Waals surface area contributed by atoms with Crippen molar-refractivity contribution >= 4 is 27.6 Å². The number of carbonyl (C=O) groups is 1. The number of benzene rings is 2. The third-order valence-corrected chi connectivity index (χ3v) is 6.23. The number of nitrogens with one attached hydrogen (secondary N) is 1. The average Bonchev–Trinajstić information content (AvgIpc) is 3.15. The van der Waals surface area contributed by atoms with Crippen LogP contribution < -0.4 is 14.2 Å². The summed E-state index contributed by atoms with van der Waals surface area (Å²) < 4.78 is 16.6. The lowest BCUT2D eigenvalue weighted by molar-refractivity contribution is 0.0912. The predicted octanol–water partition coefficient (Wildman–Crippen LogP) is 5.56. The molecule has 5 rings (SSSR count). The molecule has 0 fully saturated rings. The molecule has 0 bridgehead atoms. The van der Waals surface area contributed by atoms with E-state index in [1.54, 1.807) is 21.3 Å². The molecule has 32 heavy (non-hydrogen) atoms. The van der Waals surface area contributed by atoms with Crippen molar-refractivity contribution in [3.05, 3.63) is 47.7 Å². The van der Waals surface area contributed by atoms with Gasteiger partial charge in [0.15, 0.2) is 17.3 Å². The molecule has 1 N–H and O–H groups in total. The van der Waals surface area contributed by atoms with Crippen molar-refractivity contribution in [2.45, 2.75) is 26.7 Å². The number of nitrogens with zero attached hydrogens (tertiary/aromatic N) is 1. The first-order valence-corrected chi connectivity index (χ1v) is 10.6. The molecule has 4 aromatic rings. The molecule has 0 unspecified atom stereocenters.